The number of carbonyl (C=O) groups excluding carboxylic acids is 1. The van der Waals surface area contributed by atoms with Gasteiger partial charge >= 0.3 is 0 Å². The van der Waals surface area contributed by atoms with Gasteiger partial charge in [0.25, 0.3) is 0 Å². The van der Waals surface area contributed by atoms with Crippen LogP contribution < -0.4 is 0 Å². The largest absolute Gasteiger partial charge is 0.336 e. The Labute approximate surface area is 138 Å². The van der Waals surface area contributed by atoms with Crippen molar-refractivity contribution < 1.29 is 9.18 Å². The summed E-state index contributed by atoms with van der Waals surface area (Å²) in [4.78, 5) is 17.1. The lowest BCUT2D eigenvalue weighted by molar-refractivity contribution is -0.139. The van der Waals surface area contributed by atoms with Crippen LogP contribution in [0.2, 0.25) is 0 Å². The molecule has 0 saturated carbocycles. The van der Waals surface area contributed by atoms with Crippen molar-refractivity contribution in [3.8, 4) is 0 Å². The number of benzene rings is 1. The fourth-order valence-electron chi connectivity index (χ4n) is 4.22. The van der Waals surface area contributed by atoms with Crippen molar-refractivity contribution in [3.63, 3.8) is 0 Å². The zero-order valence-electron chi connectivity index (χ0n) is 14.4. The van der Waals surface area contributed by atoms with Gasteiger partial charge in [-0.05, 0) is 69.7 Å². The summed E-state index contributed by atoms with van der Waals surface area (Å²) in [6, 6.07) is 5.79. The number of likely N-dealkylation sites (tertiary alicyclic amines) is 1. The fraction of sp³-hybridized carbons (Fsp3) is 0.632. The molecule has 2 aliphatic heterocycles. The highest BCUT2D eigenvalue weighted by Gasteiger charge is 2.32. The Morgan fingerprint density at radius 1 is 1.22 bits per heavy atom. The van der Waals surface area contributed by atoms with Gasteiger partial charge in [-0.25, -0.2) is 4.39 Å². The van der Waals surface area contributed by atoms with Crippen LogP contribution in [0, 0.1) is 5.82 Å². The van der Waals surface area contributed by atoms with Crippen LogP contribution in [-0.4, -0.2) is 40.9 Å². The van der Waals surface area contributed by atoms with Crippen LogP contribution in [0.3, 0.4) is 0 Å². The average Bonchev–Trinajstić information content (AvgIpc) is 2.50. The van der Waals surface area contributed by atoms with Crippen LogP contribution in [0.1, 0.15) is 57.2 Å². The van der Waals surface area contributed by atoms with Gasteiger partial charge < -0.3 is 4.90 Å². The van der Waals surface area contributed by atoms with E-state index in [2.05, 4.69) is 30.6 Å². The van der Waals surface area contributed by atoms with E-state index in [0.29, 0.717) is 18.6 Å². The number of rotatable bonds is 2. The predicted octanol–water partition coefficient (Wildman–Crippen LogP) is 3.53. The number of carbonyl (C=O) groups is 1. The van der Waals surface area contributed by atoms with Crippen LogP contribution >= 0.6 is 0 Å². The minimum atomic E-state index is -0.193. The van der Waals surface area contributed by atoms with Gasteiger partial charge in [-0.1, -0.05) is 6.07 Å². The average molecular weight is 318 g/mol. The fourth-order valence-corrected chi connectivity index (χ4v) is 4.22. The van der Waals surface area contributed by atoms with Gasteiger partial charge in [0.2, 0.25) is 5.91 Å². The van der Waals surface area contributed by atoms with Crippen molar-refractivity contribution in [1.29, 1.82) is 0 Å². The van der Waals surface area contributed by atoms with Gasteiger partial charge in [0.05, 0.1) is 6.54 Å². The molecule has 1 fully saturated rings. The smallest absolute Gasteiger partial charge is 0.237 e. The standard InChI is InChI=1S/C19H27FN2O/c1-13-5-4-6-14(2)22(13)19(23)12-21-10-9-16-7-8-17(20)11-18(16)15(21)3/h7-8,11,13-15H,4-6,9-10,12H2,1-3H3. The van der Waals surface area contributed by atoms with Crippen LogP contribution in [-0.2, 0) is 11.2 Å². The zero-order valence-corrected chi connectivity index (χ0v) is 14.4. The normalized spacial score (nSPS) is 28.5. The lowest BCUT2D eigenvalue weighted by Gasteiger charge is -2.42. The van der Waals surface area contributed by atoms with Crippen molar-refractivity contribution in [1.82, 2.24) is 9.80 Å². The maximum atomic E-state index is 13.6. The zero-order chi connectivity index (χ0) is 16.6. The number of fused-ring (bicyclic) bond motifs is 1. The summed E-state index contributed by atoms with van der Waals surface area (Å²) >= 11 is 0. The number of piperidine rings is 1. The number of halogens is 1. The summed E-state index contributed by atoms with van der Waals surface area (Å²) in [5, 5.41) is 0. The van der Waals surface area contributed by atoms with E-state index < -0.39 is 0 Å². The second-order valence-electron chi connectivity index (χ2n) is 7.17. The molecule has 126 valence electrons. The third-order valence-corrected chi connectivity index (χ3v) is 5.59. The number of hydrogen-bond acceptors (Lipinski definition) is 2. The first-order valence-corrected chi connectivity index (χ1v) is 8.81. The predicted molar refractivity (Wildman–Crippen MR) is 89.7 cm³/mol. The first kappa shape index (κ1) is 16.4. The van der Waals surface area contributed by atoms with E-state index in [1.54, 1.807) is 6.07 Å². The molecule has 1 aromatic carbocycles. The van der Waals surface area contributed by atoms with Gasteiger partial charge in [-0.3, -0.25) is 9.69 Å². The molecule has 23 heavy (non-hydrogen) atoms. The summed E-state index contributed by atoms with van der Waals surface area (Å²) in [5.41, 5.74) is 2.24. The summed E-state index contributed by atoms with van der Waals surface area (Å²) in [6.45, 7) is 7.68. The number of amides is 1. The van der Waals surface area contributed by atoms with E-state index in [1.165, 1.54) is 18.1 Å². The molecule has 0 bridgehead atoms. The molecule has 3 atom stereocenters. The number of hydrogen-bond donors (Lipinski definition) is 0. The quantitative estimate of drug-likeness (QED) is 0.833. The minimum Gasteiger partial charge on any atom is -0.336 e. The van der Waals surface area contributed by atoms with Crippen molar-refractivity contribution >= 4 is 5.91 Å². The highest BCUT2D eigenvalue weighted by atomic mass is 19.1. The molecule has 3 rings (SSSR count). The molecule has 0 spiro atoms. The Bertz CT molecular complexity index is 579. The van der Waals surface area contributed by atoms with Gasteiger partial charge in [0, 0.05) is 24.7 Å². The third kappa shape index (κ3) is 3.27. The second kappa shape index (κ2) is 6.60. The van der Waals surface area contributed by atoms with Crippen LogP contribution in [0.15, 0.2) is 18.2 Å². The lowest BCUT2D eigenvalue weighted by atomic mass is 9.93. The molecule has 1 saturated heterocycles. The molecule has 1 aromatic rings. The molecule has 2 aliphatic rings. The topological polar surface area (TPSA) is 23.6 Å². The minimum absolute atomic E-state index is 0.0915. The van der Waals surface area contributed by atoms with Crippen LogP contribution in [0.4, 0.5) is 4.39 Å². The molecule has 4 heteroatoms. The maximum Gasteiger partial charge on any atom is 0.237 e. The van der Waals surface area contributed by atoms with Crippen LogP contribution in [0.25, 0.3) is 0 Å². The molecular formula is C19H27FN2O. The first-order chi connectivity index (χ1) is 11.0. The number of nitrogens with zero attached hydrogens (tertiary/aromatic N) is 2. The molecule has 0 aromatic heterocycles. The van der Waals surface area contributed by atoms with Crippen molar-refractivity contribution in [2.24, 2.45) is 0 Å². The Morgan fingerprint density at radius 3 is 2.61 bits per heavy atom. The van der Waals surface area contributed by atoms with Crippen molar-refractivity contribution in [2.75, 3.05) is 13.1 Å². The van der Waals surface area contributed by atoms with Gasteiger partial charge in [-0.2, -0.15) is 0 Å². The summed E-state index contributed by atoms with van der Waals surface area (Å²) in [5.74, 6) is 0.0263. The second-order valence-corrected chi connectivity index (χ2v) is 7.17. The van der Waals surface area contributed by atoms with E-state index in [1.807, 2.05) is 6.07 Å². The Hall–Kier alpha value is -1.42. The Morgan fingerprint density at radius 2 is 1.91 bits per heavy atom. The highest BCUT2D eigenvalue weighted by molar-refractivity contribution is 5.79. The van der Waals surface area contributed by atoms with Crippen molar-refractivity contribution in [3.05, 3.63) is 35.1 Å². The summed E-state index contributed by atoms with van der Waals surface area (Å²) in [6.07, 6.45) is 4.29. The first-order valence-electron chi connectivity index (χ1n) is 8.81. The third-order valence-electron chi connectivity index (χ3n) is 5.59. The van der Waals surface area contributed by atoms with E-state index in [-0.39, 0.29) is 17.8 Å². The van der Waals surface area contributed by atoms with Gasteiger partial charge in [0.15, 0.2) is 0 Å². The lowest BCUT2D eigenvalue weighted by Crippen LogP contribution is -2.52. The van der Waals surface area contributed by atoms with Gasteiger partial charge in [0.1, 0.15) is 5.82 Å². The monoisotopic (exact) mass is 318 g/mol. The van der Waals surface area contributed by atoms with Gasteiger partial charge in [-0.15, -0.1) is 0 Å². The molecule has 2 heterocycles. The molecule has 0 aliphatic carbocycles. The van der Waals surface area contributed by atoms with Crippen molar-refractivity contribution in [2.45, 2.75) is 64.6 Å². The molecule has 3 nitrogen and oxygen atoms in total. The van der Waals surface area contributed by atoms with E-state index in [0.717, 1.165) is 31.4 Å². The van der Waals surface area contributed by atoms with E-state index in [9.17, 15) is 9.18 Å². The van der Waals surface area contributed by atoms with E-state index in [4.69, 9.17) is 0 Å². The van der Waals surface area contributed by atoms with E-state index >= 15 is 0 Å². The molecule has 1 amide bonds. The molecule has 3 unspecified atom stereocenters. The van der Waals surface area contributed by atoms with Crippen LogP contribution in [0.5, 0.6) is 0 Å². The SMILES string of the molecule is CC1c2cc(F)ccc2CCN1CC(=O)N1C(C)CCCC1C. The summed E-state index contributed by atoms with van der Waals surface area (Å²) < 4.78 is 13.6. The Kier molecular flexibility index (Phi) is 4.72. The molecule has 0 radical (unpaired) electrons. The maximum absolute atomic E-state index is 13.6. The molecule has 0 N–H and O–H groups in total. The summed E-state index contributed by atoms with van der Waals surface area (Å²) in [7, 11) is 0. The highest BCUT2D eigenvalue weighted by Crippen LogP contribution is 2.30. The Balaban J connectivity index is 1.72. The molecular weight excluding hydrogens is 291 g/mol.